The third kappa shape index (κ3) is 4.66. The second-order valence-corrected chi connectivity index (χ2v) is 4.52. The van der Waals surface area contributed by atoms with Crippen LogP contribution in [-0.4, -0.2) is 35.6 Å². The summed E-state index contributed by atoms with van der Waals surface area (Å²) in [6.45, 7) is 6.26. The lowest BCUT2D eigenvalue weighted by Gasteiger charge is -2.20. The highest BCUT2D eigenvalue weighted by atomic mass is 16.4. The number of aliphatic hydroxyl groups is 1. The molecule has 0 aliphatic heterocycles. The van der Waals surface area contributed by atoms with Gasteiger partial charge in [0.2, 0.25) is 0 Å². The lowest BCUT2D eigenvalue weighted by Crippen LogP contribution is -2.29. The Bertz CT molecular complexity index is 404. The Morgan fingerprint density at radius 2 is 2.26 bits per heavy atom. The first-order valence-electron chi connectivity index (χ1n) is 6.55. The van der Waals surface area contributed by atoms with Crippen molar-refractivity contribution < 1.29 is 14.3 Å². The van der Waals surface area contributed by atoms with Crippen LogP contribution in [0.15, 0.2) is 10.5 Å². The number of nitrogens with one attached hydrogen (secondary N) is 1. The zero-order chi connectivity index (χ0) is 14.3. The molecule has 19 heavy (non-hydrogen) atoms. The van der Waals surface area contributed by atoms with Crippen molar-refractivity contribution in [1.29, 1.82) is 0 Å². The van der Waals surface area contributed by atoms with E-state index in [0.717, 1.165) is 24.9 Å². The maximum atomic E-state index is 11.4. The van der Waals surface area contributed by atoms with Gasteiger partial charge in [-0.2, -0.15) is 0 Å². The van der Waals surface area contributed by atoms with Crippen molar-refractivity contribution in [3.63, 3.8) is 0 Å². The fourth-order valence-electron chi connectivity index (χ4n) is 1.89. The number of furan rings is 1. The van der Waals surface area contributed by atoms with Crippen LogP contribution in [0.3, 0.4) is 0 Å². The van der Waals surface area contributed by atoms with Gasteiger partial charge in [-0.05, 0) is 26.0 Å². The molecule has 0 unspecified atom stereocenters. The molecule has 0 bridgehead atoms. The Hall–Kier alpha value is -1.37. The molecule has 0 saturated carbocycles. The summed E-state index contributed by atoms with van der Waals surface area (Å²) >= 11 is 0. The van der Waals surface area contributed by atoms with Crippen molar-refractivity contribution >= 4 is 5.91 Å². The van der Waals surface area contributed by atoms with Gasteiger partial charge in [0.25, 0.3) is 0 Å². The number of carbonyl (C=O) groups is 1. The van der Waals surface area contributed by atoms with E-state index in [-0.39, 0.29) is 12.4 Å². The third-order valence-electron chi connectivity index (χ3n) is 3.01. The zero-order valence-corrected chi connectivity index (χ0v) is 11.6. The van der Waals surface area contributed by atoms with E-state index in [1.165, 1.54) is 0 Å². The van der Waals surface area contributed by atoms with Crippen molar-refractivity contribution in [3.8, 4) is 0 Å². The van der Waals surface area contributed by atoms with Crippen LogP contribution in [0.2, 0.25) is 0 Å². The molecule has 1 aromatic heterocycles. The van der Waals surface area contributed by atoms with Crippen LogP contribution in [-0.2, 0) is 6.54 Å². The van der Waals surface area contributed by atoms with Crippen molar-refractivity contribution in [2.45, 2.75) is 33.2 Å². The van der Waals surface area contributed by atoms with E-state index in [0.29, 0.717) is 18.8 Å². The van der Waals surface area contributed by atoms with Crippen LogP contribution in [0.25, 0.3) is 0 Å². The summed E-state index contributed by atoms with van der Waals surface area (Å²) in [5, 5.41) is 9.07. The summed E-state index contributed by atoms with van der Waals surface area (Å²) in [4.78, 5) is 13.5. The lowest BCUT2D eigenvalue weighted by atomic mass is 10.2. The summed E-state index contributed by atoms with van der Waals surface area (Å²) in [7, 11) is 0. The topological polar surface area (TPSA) is 91.7 Å². The number of rotatable bonds is 8. The molecule has 0 fully saturated rings. The zero-order valence-electron chi connectivity index (χ0n) is 11.6. The number of nitrogens with zero attached hydrogens (tertiary/aromatic N) is 1. The average molecular weight is 269 g/mol. The molecule has 0 aliphatic carbocycles. The molecule has 0 aromatic carbocycles. The number of hydrogen-bond donors (Lipinski definition) is 3. The van der Waals surface area contributed by atoms with Crippen LogP contribution >= 0.6 is 0 Å². The van der Waals surface area contributed by atoms with Crippen molar-refractivity contribution in [3.05, 3.63) is 23.2 Å². The van der Waals surface area contributed by atoms with Gasteiger partial charge in [0.05, 0.1) is 6.61 Å². The predicted molar refractivity (Wildman–Crippen MR) is 72.4 cm³/mol. The summed E-state index contributed by atoms with van der Waals surface area (Å²) < 4.78 is 5.37. The third-order valence-corrected chi connectivity index (χ3v) is 3.01. The molecule has 6 nitrogen and oxygen atoms in total. The molecule has 1 amide bonds. The summed E-state index contributed by atoms with van der Waals surface area (Å²) in [6.07, 6.45) is 2.18. The number of amides is 1. The van der Waals surface area contributed by atoms with Crippen LogP contribution in [0.5, 0.6) is 0 Å². The summed E-state index contributed by atoms with van der Waals surface area (Å²) in [5.74, 6) is 5.56. The smallest absolute Gasteiger partial charge is 0.300 e. The van der Waals surface area contributed by atoms with E-state index in [4.69, 9.17) is 15.4 Å². The number of nitrogen functional groups attached to an aromatic ring is 1. The second-order valence-electron chi connectivity index (χ2n) is 4.52. The van der Waals surface area contributed by atoms with Gasteiger partial charge in [-0.3, -0.25) is 15.1 Å². The van der Waals surface area contributed by atoms with Crippen LogP contribution in [0.1, 0.15) is 41.6 Å². The number of hydrazine groups is 1. The first kappa shape index (κ1) is 15.7. The highest BCUT2D eigenvalue weighted by Gasteiger charge is 2.15. The van der Waals surface area contributed by atoms with E-state index in [2.05, 4.69) is 11.8 Å². The Labute approximate surface area is 113 Å². The molecule has 6 heteroatoms. The van der Waals surface area contributed by atoms with Crippen LogP contribution < -0.4 is 11.3 Å². The van der Waals surface area contributed by atoms with E-state index >= 15 is 0 Å². The fraction of sp³-hybridized carbons (Fsp3) is 0.615. The first-order valence-corrected chi connectivity index (χ1v) is 6.55. The predicted octanol–water partition coefficient (Wildman–Crippen LogP) is 0.786. The SMILES string of the molecule is CCCCN(CCO)Cc1cc(C(=O)NN)oc1C. The number of unbranched alkanes of at least 4 members (excludes halogenated alkanes) is 1. The van der Waals surface area contributed by atoms with Gasteiger partial charge < -0.3 is 9.52 Å². The molecule has 0 saturated heterocycles. The van der Waals surface area contributed by atoms with Gasteiger partial charge in [0.1, 0.15) is 5.76 Å². The molecule has 0 spiro atoms. The van der Waals surface area contributed by atoms with Crippen LogP contribution in [0.4, 0.5) is 0 Å². The van der Waals surface area contributed by atoms with Gasteiger partial charge in [-0.25, -0.2) is 5.84 Å². The van der Waals surface area contributed by atoms with E-state index in [1.807, 2.05) is 12.3 Å². The minimum Gasteiger partial charge on any atom is -0.456 e. The van der Waals surface area contributed by atoms with Gasteiger partial charge in [0.15, 0.2) is 5.76 Å². The Morgan fingerprint density at radius 1 is 1.53 bits per heavy atom. The van der Waals surface area contributed by atoms with Gasteiger partial charge >= 0.3 is 5.91 Å². The van der Waals surface area contributed by atoms with Gasteiger partial charge in [-0.15, -0.1) is 0 Å². The summed E-state index contributed by atoms with van der Waals surface area (Å²) in [6, 6.07) is 1.70. The highest BCUT2D eigenvalue weighted by molar-refractivity contribution is 5.91. The molecular formula is C13H23N3O3. The first-order chi connectivity index (χ1) is 9.12. The Kier molecular flexibility index (Phi) is 6.55. The quantitative estimate of drug-likeness (QED) is 0.368. The monoisotopic (exact) mass is 269 g/mol. The number of nitrogens with two attached hydrogens (primary N) is 1. The van der Waals surface area contributed by atoms with E-state index < -0.39 is 5.91 Å². The fourth-order valence-corrected chi connectivity index (χ4v) is 1.89. The van der Waals surface area contributed by atoms with Gasteiger partial charge in [0, 0.05) is 18.7 Å². The minimum atomic E-state index is -0.434. The normalized spacial score (nSPS) is 11.0. The molecule has 0 aliphatic rings. The van der Waals surface area contributed by atoms with E-state index in [9.17, 15) is 4.79 Å². The Balaban J connectivity index is 2.72. The standard InChI is InChI=1S/C13H23N3O3/c1-3-4-5-16(6-7-17)9-11-8-12(13(18)15-14)19-10(11)2/h8,17H,3-7,9,14H2,1-2H3,(H,15,18). The molecule has 1 rings (SSSR count). The number of aryl methyl sites for hydroxylation is 1. The molecule has 1 heterocycles. The molecular weight excluding hydrogens is 246 g/mol. The van der Waals surface area contributed by atoms with Gasteiger partial charge in [-0.1, -0.05) is 13.3 Å². The Morgan fingerprint density at radius 3 is 2.84 bits per heavy atom. The minimum absolute atomic E-state index is 0.122. The second kappa shape index (κ2) is 7.93. The molecule has 0 atom stereocenters. The molecule has 1 aromatic rings. The molecule has 108 valence electrons. The molecule has 4 N–H and O–H groups in total. The highest BCUT2D eigenvalue weighted by Crippen LogP contribution is 2.17. The maximum absolute atomic E-state index is 11.4. The number of carbonyl (C=O) groups excluding carboxylic acids is 1. The number of hydrogen-bond acceptors (Lipinski definition) is 5. The molecule has 0 radical (unpaired) electrons. The van der Waals surface area contributed by atoms with Crippen molar-refractivity contribution in [1.82, 2.24) is 10.3 Å². The average Bonchev–Trinajstić information content (AvgIpc) is 2.77. The summed E-state index contributed by atoms with van der Waals surface area (Å²) in [5.41, 5.74) is 3.00. The maximum Gasteiger partial charge on any atom is 0.300 e. The largest absolute Gasteiger partial charge is 0.456 e. The number of aliphatic hydroxyl groups excluding tert-OH is 1. The lowest BCUT2D eigenvalue weighted by molar-refractivity contribution is 0.0924. The van der Waals surface area contributed by atoms with E-state index in [1.54, 1.807) is 6.07 Å². The van der Waals surface area contributed by atoms with Crippen molar-refractivity contribution in [2.24, 2.45) is 5.84 Å². The van der Waals surface area contributed by atoms with Crippen LogP contribution in [0, 0.1) is 6.92 Å². The van der Waals surface area contributed by atoms with Crippen molar-refractivity contribution in [2.75, 3.05) is 19.7 Å².